The van der Waals surface area contributed by atoms with E-state index in [4.69, 9.17) is 10.5 Å². The van der Waals surface area contributed by atoms with Crippen molar-refractivity contribution in [1.29, 1.82) is 5.26 Å². The van der Waals surface area contributed by atoms with Gasteiger partial charge < -0.3 is 15.8 Å². The predicted molar refractivity (Wildman–Crippen MR) is 120 cm³/mol. The Morgan fingerprint density at radius 1 is 1.19 bits per heavy atom. The van der Waals surface area contributed by atoms with E-state index < -0.39 is 0 Å². The minimum absolute atomic E-state index is 0.179. The standard InChI is InChI=1S/C24H26FN5O2/c1-2-3-15-32-20-12-6-17(7-13-20)24(31)28-14-4-5-22-21(16-26)23(27)30(29-22)19-10-8-18(25)9-11-19/h6-13H,2-5,14-15,27H2,1H3,(H,28,31). The second kappa shape index (κ2) is 11.0. The number of hydrogen-bond donors (Lipinski definition) is 2. The smallest absolute Gasteiger partial charge is 0.251 e. The Morgan fingerprint density at radius 2 is 1.91 bits per heavy atom. The molecule has 0 bridgehead atoms. The van der Waals surface area contributed by atoms with E-state index in [1.54, 1.807) is 36.4 Å². The van der Waals surface area contributed by atoms with Crippen molar-refractivity contribution in [1.82, 2.24) is 15.1 Å². The number of aromatic nitrogens is 2. The number of nitrogens with two attached hydrogens (primary N) is 1. The number of rotatable bonds is 10. The second-order valence-electron chi connectivity index (χ2n) is 7.29. The lowest BCUT2D eigenvalue weighted by molar-refractivity contribution is 0.0953. The summed E-state index contributed by atoms with van der Waals surface area (Å²) in [6, 6.07) is 14.8. The molecule has 32 heavy (non-hydrogen) atoms. The van der Waals surface area contributed by atoms with Crippen LogP contribution in [0.5, 0.6) is 5.75 Å². The van der Waals surface area contributed by atoms with E-state index in [9.17, 15) is 14.4 Å². The van der Waals surface area contributed by atoms with Crippen LogP contribution in [-0.4, -0.2) is 28.8 Å². The monoisotopic (exact) mass is 435 g/mol. The van der Waals surface area contributed by atoms with Gasteiger partial charge in [-0.25, -0.2) is 9.07 Å². The van der Waals surface area contributed by atoms with Gasteiger partial charge in [-0.2, -0.15) is 10.4 Å². The molecule has 0 atom stereocenters. The average molecular weight is 436 g/mol. The molecule has 166 valence electrons. The summed E-state index contributed by atoms with van der Waals surface area (Å²) >= 11 is 0. The zero-order chi connectivity index (χ0) is 22.9. The number of nitrogen functional groups attached to an aromatic ring is 1. The largest absolute Gasteiger partial charge is 0.494 e. The van der Waals surface area contributed by atoms with Gasteiger partial charge in [0.15, 0.2) is 0 Å². The molecule has 3 N–H and O–H groups in total. The van der Waals surface area contributed by atoms with Crippen molar-refractivity contribution in [2.75, 3.05) is 18.9 Å². The van der Waals surface area contributed by atoms with Crippen molar-refractivity contribution in [3.05, 3.63) is 71.2 Å². The van der Waals surface area contributed by atoms with Crippen LogP contribution < -0.4 is 15.8 Å². The maximum atomic E-state index is 13.2. The van der Waals surface area contributed by atoms with Gasteiger partial charge in [0, 0.05) is 12.1 Å². The number of amides is 1. The summed E-state index contributed by atoms with van der Waals surface area (Å²) in [5, 5.41) is 16.7. The SMILES string of the molecule is CCCCOc1ccc(C(=O)NCCCc2nn(-c3ccc(F)cc3)c(N)c2C#N)cc1. The molecule has 8 heteroatoms. The van der Waals surface area contributed by atoms with E-state index in [1.165, 1.54) is 16.8 Å². The zero-order valence-electron chi connectivity index (χ0n) is 18.0. The number of unbranched alkanes of at least 4 members (excludes halogenated alkanes) is 1. The van der Waals surface area contributed by atoms with Gasteiger partial charge in [-0.15, -0.1) is 0 Å². The van der Waals surface area contributed by atoms with Crippen LogP contribution in [0.1, 0.15) is 47.8 Å². The van der Waals surface area contributed by atoms with Crippen LogP contribution in [0, 0.1) is 17.1 Å². The Balaban J connectivity index is 1.54. The number of nitrogens with zero attached hydrogens (tertiary/aromatic N) is 3. The molecule has 0 saturated carbocycles. The molecule has 0 aliphatic rings. The fourth-order valence-corrected chi connectivity index (χ4v) is 3.15. The highest BCUT2D eigenvalue weighted by Crippen LogP contribution is 2.21. The van der Waals surface area contributed by atoms with Crippen molar-refractivity contribution in [3.8, 4) is 17.5 Å². The molecule has 1 amide bonds. The van der Waals surface area contributed by atoms with Crippen LogP contribution in [0.2, 0.25) is 0 Å². The van der Waals surface area contributed by atoms with Crippen LogP contribution in [0.4, 0.5) is 10.2 Å². The molecule has 3 aromatic rings. The molecule has 0 aliphatic carbocycles. The third kappa shape index (κ3) is 5.64. The first kappa shape index (κ1) is 22.8. The van der Waals surface area contributed by atoms with Gasteiger partial charge >= 0.3 is 0 Å². The number of aryl methyl sites for hydroxylation is 1. The molecule has 1 aromatic heterocycles. The summed E-state index contributed by atoms with van der Waals surface area (Å²) in [5.74, 6) is 0.407. The number of carbonyl (C=O) groups is 1. The van der Waals surface area contributed by atoms with Gasteiger partial charge in [0.05, 0.1) is 18.0 Å². The molecular formula is C24H26FN5O2. The Labute approximate surface area is 186 Å². The summed E-state index contributed by atoms with van der Waals surface area (Å²) in [6.45, 7) is 3.18. The molecule has 1 heterocycles. The van der Waals surface area contributed by atoms with Crippen molar-refractivity contribution in [3.63, 3.8) is 0 Å². The van der Waals surface area contributed by atoms with Crippen LogP contribution >= 0.6 is 0 Å². The number of nitrogens with one attached hydrogen (secondary N) is 1. The highest BCUT2D eigenvalue weighted by atomic mass is 19.1. The van der Waals surface area contributed by atoms with Gasteiger partial charge in [-0.05, 0) is 67.8 Å². The number of hydrogen-bond acceptors (Lipinski definition) is 5. The number of benzene rings is 2. The topological polar surface area (TPSA) is 106 Å². The van der Waals surface area contributed by atoms with E-state index in [0.29, 0.717) is 48.5 Å². The van der Waals surface area contributed by atoms with Gasteiger partial charge in [0.1, 0.15) is 29.0 Å². The van der Waals surface area contributed by atoms with Gasteiger partial charge in [-0.1, -0.05) is 13.3 Å². The van der Waals surface area contributed by atoms with Crippen molar-refractivity contribution in [2.24, 2.45) is 0 Å². The average Bonchev–Trinajstić information content (AvgIpc) is 3.12. The zero-order valence-corrected chi connectivity index (χ0v) is 18.0. The maximum Gasteiger partial charge on any atom is 0.251 e. The van der Waals surface area contributed by atoms with E-state index in [2.05, 4.69) is 23.4 Å². The molecule has 2 aromatic carbocycles. The van der Waals surface area contributed by atoms with E-state index >= 15 is 0 Å². The summed E-state index contributed by atoms with van der Waals surface area (Å²) < 4.78 is 20.2. The molecule has 7 nitrogen and oxygen atoms in total. The van der Waals surface area contributed by atoms with Crippen LogP contribution in [-0.2, 0) is 6.42 Å². The minimum atomic E-state index is -0.366. The lowest BCUT2D eigenvalue weighted by Crippen LogP contribution is -2.24. The lowest BCUT2D eigenvalue weighted by atomic mass is 10.1. The predicted octanol–water partition coefficient (Wildman–Crippen LogP) is 4.01. The number of ether oxygens (including phenoxy) is 1. The second-order valence-corrected chi connectivity index (χ2v) is 7.29. The quantitative estimate of drug-likeness (QED) is 0.468. The molecule has 0 fully saturated rings. The maximum absolute atomic E-state index is 13.2. The first-order chi connectivity index (χ1) is 15.5. The fourth-order valence-electron chi connectivity index (χ4n) is 3.15. The van der Waals surface area contributed by atoms with Crippen LogP contribution in [0.25, 0.3) is 5.69 Å². The summed E-state index contributed by atoms with van der Waals surface area (Å²) in [6.07, 6.45) is 3.10. The normalized spacial score (nSPS) is 10.5. The number of halogens is 1. The van der Waals surface area contributed by atoms with Gasteiger partial charge in [0.25, 0.3) is 5.91 Å². The lowest BCUT2D eigenvalue weighted by Gasteiger charge is -2.07. The molecule has 0 saturated heterocycles. The summed E-state index contributed by atoms with van der Waals surface area (Å²) in [4.78, 5) is 12.3. The third-order valence-corrected chi connectivity index (χ3v) is 4.94. The molecule has 0 unspecified atom stereocenters. The van der Waals surface area contributed by atoms with Gasteiger partial charge in [-0.3, -0.25) is 4.79 Å². The highest BCUT2D eigenvalue weighted by Gasteiger charge is 2.16. The van der Waals surface area contributed by atoms with Crippen molar-refractivity contribution < 1.29 is 13.9 Å². The van der Waals surface area contributed by atoms with Crippen LogP contribution in [0.3, 0.4) is 0 Å². The fraction of sp³-hybridized carbons (Fsp3) is 0.292. The van der Waals surface area contributed by atoms with Crippen LogP contribution in [0.15, 0.2) is 48.5 Å². The Morgan fingerprint density at radius 3 is 2.56 bits per heavy atom. The molecule has 0 radical (unpaired) electrons. The third-order valence-electron chi connectivity index (χ3n) is 4.94. The Bertz CT molecular complexity index is 1090. The first-order valence-electron chi connectivity index (χ1n) is 10.6. The number of anilines is 1. The Hall–Kier alpha value is -3.86. The number of nitriles is 1. The molecular weight excluding hydrogens is 409 g/mol. The number of carbonyl (C=O) groups excluding carboxylic acids is 1. The summed E-state index contributed by atoms with van der Waals surface area (Å²) in [7, 11) is 0. The van der Waals surface area contributed by atoms with E-state index in [-0.39, 0.29) is 17.5 Å². The molecule has 0 aliphatic heterocycles. The first-order valence-corrected chi connectivity index (χ1v) is 10.6. The molecule has 0 spiro atoms. The minimum Gasteiger partial charge on any atom is -0.494 e. The molecule has 3 rings (SSSR count). The van der Waals surface area contributed by atoms with E-state index in [1.807, 2.05) is 0 Å². The van der Waals surface area contributed by atoms with E-state index in [0.717, 1.165) is 18.6 Å². The Kier molecular flexibility index (Phi) is 7.81. The van der Waals surface area contributed by atoms with Crippen molar-refractivity contribution in [2.45, 2.75) is 32.6 Å². The highest BCUT2D eigenvalue weighted by molar-refractivity contribution is 5.94. The van der Waals surface area contributed by atoms with Gasteiger partial charge in [0.2, 0.25) is 0 Å². The van der Waals surface area contributed by atoms with Crippen molar-refractivity contribution >= 4 is 11.7 Å². The summed E-state index contributed by atoms with van der Waals surface area (Å²) in [5.41, 5.74) is 8.02.